The first kappa shape index (κ1) is 100. The minimum absolute atomic E-state index is 0.108. The van der Waals surface area contributed by atoms with Crippen LogP contribution in [-0.2, 0) is 65.4 Å². The highest BCUT2D eigenvalue weighted by atomic mass is 31.2. The summed E-state index contributed by atoms with van der Waals surface area (Å²) in [6, 6.07) is 0. The van der Waals surface area contributed by atoms with Gasteiger partial charge >= 0.3 is 39.5 Å². The Hall–Kier alpha value is -1.94. The molecule has 0 fully saturated rings. The van der Waals surface area contributed by atoms with Gasteiger partial charge in [0.1, 0.15) is 19.3 Å². The van der Waals surface area contributed by atoms with Crippen molar-refractivity contribution in [1.29, 1.82) is 0 Å². The van der Waals surface area contributed by atoms with Crippen LogP contribution in [0.1, 0.15) is 440 Å². The number of phosphoric ester groups is 2. The van der Waals surface area contributed by atoms with Crippen LogP contribution in [0.2, 0.25) is 0 Å². The number of hydrogen-bond donors (Lipinski definition) is 3. The third-order valence-electron chi connectivity index (χ3n) is 19.8. The van der Waals surface area contributed by atoms with Crippen LogP contribution in [0.15, 0.2) is 0 Å². The van der Waals surface area contributed by atoms with Crippen LogP contribution >= 0.6 is 15.6 Å². The average molecular weight is 1490 g/mol. The summed E-state index contributed by atoms with van der Waals surface area (Å²) in [6.07, 6.45) is 65.2. The van der Waals surface area contributed by atoms with Gasteiger partial charge in [0, 0.05) is 25.7 Å². The number of ether oxygens (including phenoxy) is 4. The van der Waals surface area contributed by atoms with Crippen molar-refractivity contribution in [2.75, 3.05) is 39.6 Å². The zero-order valence-electron chi connectivity index (χ0n) is 66.9. The Balaban J connectivity index is 5.18. The molecular formula is C83H162O17P2. The van der Waals surface area contributed by atoms with Crippen LogP contribution in [0.25, 0.3) is 0 Å². The minimum atomic E-state index is -4.96. The number of unbranched alkanes of at least 4 members (excludes halogenated alkanes) is 51. The number of aliphatic hydroxyl groups is 1. The van der Waals surface area contributed by atoms with Crippen LogP contribution in [0.4, 0.5) is 0 Å². The molecule has 0 saturated carbocycles. The quantitative estimate of drug-likeness (QED) is 0.0222. The SMILES string of the molecule is CCCCCCCCCCCCCCCCCCC(=O)O[C@H](COC(=O)CCCCCCCCCC)COP(=O)(O)OC[C@H](O)COP(=O)(O)OC[C@@H](COC(=O)CCCCCCCCCCCCCCCC(C)C)OC(=O)CCCCCCCCCCCCCCCCCCCCC(C)CC. The van der Waals surface area contributed by atoms with Crippen LogP contribution in [0, 0.1) is 11.8 Å². The van der Waals surface area contributed by atoms with Crippen LogP contribution < -0.4 is 0 Å². The lowest BCUT2D eigenvalue weighted by Gasteiger charge is -2.21. The van der Waals surface area contributed by atoms with Crippen molar-refractivity contribution in [3.05, 3.63) is 0 Å². The maximum atomic E-state index is 13.1. The summed E-state index contributed by atoms with van der Waals surface area (Å²) in [5.41, 5.74) is 0. The van der Waals surface area contributed by atoms with E-state index in [4.69, 9.17) is 37.0 Å². The maximum absolute atomic E-state index is 13.1. The fourth-order valence-electron chi connectivity index (χ4n) is 12.9. The molecule has 3 N–H and O–H groups in total. The molecule has 3 unspecified atom stereocenters. The van der Waals surface area contributed by atoms with E-state index in [9.17, 15) is 43.2 Å². The number of rotatable bonds is 82. The molecule has 0 rings (SSSR count). The number of phosphoric acid groups is 2. The van der Waals surface area contributed by atoms with Crippen molar-refractivity contribution in [3.8, 4) is 0 Å². The van der Waals surface area contributed by atoms with Gasteiger partial charge in [0.15, 0.2) is 12.2 Å². The Bertz CT molecular complexity index is 1960. The molecule has 0 heterocycles. The summed E-state index contributed by atoms with van der Waals surface area (Å²) in [5, 5.41) is 10.6. The van der Waals surface area contributed by atoms with Crippen LogP contribution in [0.5, 0.6) is 0 Å². The first-order chi connectivity index (χ1) is 49.4. The Morgan fingerprint density at radius 1 is 0.284 bits per heavy atom. The number of aliphatic hydroxyl groups excluding tert-OH is 1. The zero-order chi connectivity index (χ0) is 74.9. The molecule has 0 aromatic heterocycles. The molecule has 0 saturated heterocycles. The lowest BCUT2D eigenvalue weighted by atomic mass is 9.99. The van der Waals surface area contributed by atoms with E-state index in [0.29, 0.717) is 25.7 Å². The first-order valence-corrected chi connectivity index (χ1v) is 46.0. The molecule has 606 valence electrons. The predicted octanol–water partition coefficient (Wildman–Crippen LogP) is 25.1. The highest BCUT2D eigenvalue weighted by molar-refractivity contribution is 7.47. The van der Waals surface area contributed by atoms with E-state index in [2.05, 4.69) is 41.5 Å². The summed E-state index contributed by atoms with van der Waals surface area (Å²) in [7, 11) is -9.92. The van der Waals surface area contributed by atoms with Gasteiger partial charge in [-0.15, -0.1) is 0 Å². The monoisotopic (exact) mass is 1490 g/mol. The van der Waals surface area contributed by atoms with Gasteiger partial charge in [0.25, 0.3) is 0 Å². The fraction of sp³-hybridized carbons (Fsp3) is 0.952. The Labute approximate surface area is 626 Å². The van der Waals surface area contributed by atoms with Gasteiger partial charge < -0.3 is 33.8 Å². The molecule has 0 aromatic rings. The molecule has 0 spiro atoms. The normalized spacial score (nSPS) is 14.1. The second-order valence-corrected chi connectivity index (χ2v) is 33.5. The third kappa shape index (κ3) is 74.9. The standard InChI is InChI=1S/C83H162O17P2/c1-7-10-12-14-16-18-19-20-21-27-32-38-43-49-55-61-67-82(87)99-78(71-93-80(85)65-59-53-47-17-15-13-11-8-2)73-97-101(89,90)95-69-77(84)70-96-102(91,92)98-74-79(72-94-81(86)66-60-54-48-42-37-34-29-30-35-40-45-51-57-63-75(4)5)100-83(88)68-62-56-50-44-39-33-28-25-23-22-24-26-31-36-41-46-52-58-64-76(6)9-3/h75-79,84H,7-74H2,1-6H3,(H,89,90)(H,91,92)/t76?,77-,78+,79+/m0/s1. The second kappa shape index (κ2) is 74.5. The van der Waals surface area contributed by atoms with Gasteiger partial charge in [-0.25, -0.2) is 9.13 Å². The lowest BCUT2D eigenvalue weighted by Crippen LogP contribution is -2.30. The molecule has 0 aromatic carbocycles. The van der Waals surface area contributed by atoms with E-state index in [0.717, 1.165) is 108 Å². The molecular weight excluding hydrogens is 1330 g/mol. The number of esters is 4. The van der Waals surface area contributed by atoms with Crippen LogP contribution in [-0.4, -0.2) is 96.7 Å². The molecule has 0 aliphatic carbocycles. The highest BCUT2D eigenvalue weighted by Crippen LogP contribution is 2.45. The second-order valence-electron chi connectivity index (χ2n) is 30.6. The fourth-order valence-corrected chi connectivity index (χ4v) is 14.4. The Morgan fingerprint density at radius 3 is 0.745 bits per heavy atom. The van der Waals surface area contributed by atoms with Crippen molar-refractivity contribution in [2.24, 2.45) is 11.8 Å². The maximum Gasteiger partial charge on any atom is 0.472 e. The number of carbonyl (C=O) groups is 4. The molecule has 17 nitrogen and oxygen atoms in total. The van der Waals surface area contributed by atoms with Crippen molar-refractivity contribution in [3.63, 3.8) is 0 Å². The largest absolute Gasteiger partial charge is 0.472 e. The Morgan fingerprint density at radius 2 is 0.500 bits per heavy atom. The zero-order valence-corrected chi connectivity index (χ0v) is 68.7. The van der Waals surface area contributed by atoms with Gasteiger partial charge in [-0.2, -0.15) is 0 Å². The van der Waals surface area contributed by atoms with E-state index < -0.39 is 97.5 Å². The minimum Gasteiger partial charge on any atom is -0.462 e. The average Bonchev–Trinajstić information content (AvgIpc) is 0.943. The first-order valence-electron chi connectivity index (χ1n) is 43.0. The molecule has 0 radical (unpaired) electrons. The molecule has 0 aliphatic rings. The van der Waals surface area contributed by atoms with Crippen molar-refractivity contribution >= 4 is 39.5 Å². The molecule has 6 atom stereocenters. The third-order valence-corrected chi connectivity index (χ3v) is 21.7. The summed E-state index contributed by atoms with van der Waals surface area (Å²) < 4.78 is 68.7. The molecule has 0 amide bonds. The molecule has 0 aliphatic heterocycles. The highest BCUT2D eigenvalue weighted by Gasteiger charge is 2.30. The van der Waals surface area contributed by atoms with Gasteiger partial charge in [-0.3, -0.25) is 37.3 Å². The van der Waals surface area contributed by atoms with Gasteiger partial charge in [-0.1, -0.05) is 388 Å². The van der Waals surface area contributed by atoms with Crippen LogP contribution in [0.3, 0.4) is 0 Å². The summed E-state index contributed by atoms with van der Waals surface area (Å²) in [6.45, 7) is 9.71. The summed E-state index contributed by atoms with van der Waals surface area (Å²) in [4.78, 5) is 73.0. The topological polar surface area (TPSA) is 237 Å². The van der Waals surface area contributed by atoms with Crippen molar-refractivity contribution in [1.82, 2.24) is 0 Å². The molecule has 102 heavy (non-hydrogen) atoms. The lowest BCUT2D eigenvalue weighted by molar-refractivity contribution is -0.161. The summed E-state index contributed by atoms with van der Waals surface area (Å²) in [5.74, 6) is -0.446. The number of carbonyl (C=O) groups excluding carboxylic acids is 4. The van der Waals surface area contributed by atoms with Crippen molar-refractivity contribution in [2.45, 2.75) is 458 Å². The van der Waals surface area contributed by atoms with E-state index in [-0.39, 0.29) is 25.7 Å². The molecule has 0 bridgehead atoms. The van der Waals surface area contributed by atoms with E-state index in [1.165, 1.54) is 250 Å². The predicted molar refractivity (Wildman–Crippen MR) is 418 cm³/mol. The van der Waals surface area contributed by atoms with Gasteiger partial charge in [0.2, 0.25) is 0 Å². The number of hydrogen-bond acceptors (Lipinski definition) is 15. The van der Waals surface area contributed by atoms with E-state index in [1.807, 2.05) is 0 Å². The van der Waals surface area contributed by atoms with Gasteiger partial charge in [0.05, 0.1) is 26.4 Å². The molecule has 19 heteroatoms. The van der Waals surface area contributed by atoms with Gasteiger partial charge in [-0.05, 0) is 37.5 Å². The summed E-state index contributed by atoms with van der Waals surface area (Å²) >= 11 is 0. The Kier molecular flexibility index (Phi) is 73.1. The van der Waals surface area contributed by atoms with E-state index in [1.54, 1.807) is 0 Å². The van der Waals surface area contributed by atoms with Crippen molar-refractivity contribution < 1.29 is 80.2 Å². The smallest absolute Gasteiger partial charge is 0.462 e. The van der Waals surface area contributed by atoms with E-state index >= 15 is 0 Å².